The molecule has 0 aliphatic carbocycles. The highest BCUT2D eigenvalue weighted by atomic mass is 32.2. The van der Waals surface area contributed by atoms with Crippen LogP contribution in [0, 0.1) is 6.92 Å². The van der Waals surface area contributed by atoms with Gasteiger partial charge in [-0.2, -0.15) is 4.31 Å². The van der Waals surface area contributed by atoms with Crippen LogP contribution in [0.4, 0.5) is 5.69 Å². The van der Waals surface area contributed by atoms with Crippen LogP contribution in [0.25, 0.3) is 0 Å². The van der Waals surface area contributed by atoms with Gasteiger partial charge in [-0.1, -0.05) is 29.4 Å². The summed E-state index contributed by atoms with van der Waals surface area (Å²) in [6.45, 7) is 2.88. The standard InChI is InChI=1S/C22H24N4O4S2/c1-16-13-18(25-30-16)15-31-22-20(9-6-10-23-22)21(27)24-17-7-5-8-19(14-17)32(28,29)26-11-3-2-4-12-26/h5-10,13-14H,2-4,11-12,15H2,1H3,(H,24,27). The topological polar surface area (TPSA) is 105 Å². The molecule has 4 rings (SSSR count). The number of thioether (sulfide) groups is 1. The highest BCUT2D eigenvalue weighted by molar-refractivity contribution is 7.98. The molecule has 0 radical (unpaired) electrons. The number of aryl methyl sites for hydroxylation is 1. The van der Waals surface area contributed by atoms with Crippen LogP contribution in [0.2, 0.25) is 0 Å². The monoisotopic (exact) mass is 472 g/mol. The lowest BCUT2D eigenvalue weighted by molar-refractivity contribution is 0.102. The Morgan fingerprint density at radius 2 is 1.97 bits per heavy atom. The maximum atomic E-state index is 13.0. The summed E-state index contributed by atoms with van der Waals surface area (Å²) in [5.74, 6) is 0.876. The molecule has 0 bridgehead atoms. The molecule has 0 saturated carbocycles. The van der Waals surface area contributed by atoms with Crippen LogP contribution < -0.4 is 5.32 Å². The average Bonchev–Trinajstić information content (AvgIpc) is 3.23. The van der Waals surface area contributed by atoms with Crippen LogP contribution in [-0.4, -0.2) is 41.9 Å². The molecule has 10 heteroatoms. The molecule has 0 spiro atoms. The van der Waals surface area contributed by atoms with Gasteiger partial charge in [-0.05, 0) is 50.1 Å². The molecule has 1 amide bonds. The van der Waals surface area contributed by atoms with E-state index in [9.17, 15) is 13.2 Å². The van der Waals surface area contributed by atoms with Crippen LogP contribution in [0.3, 0.4) is 0 Å². The van der Waals surface area contributed by atoms with Gasteiger partial charge in [0.15, 0.2) is 0 Å². The number of nitrogens with one attached hydrogen (secondary N) is 1. The van der Waals surface area contributed by atoms with Gasteiger partial charge in [0.1, 0.15) is 10.8 Å². The Labute approximate surface area is 191 Å². The number of carbonyl (C=O) groups excluding carboxylic acids is 1. The van der Waals surface area contributed by atoms with Crippen molar-refractivity contribution in [3.05, 3.63) is 65.7 Å². The number of sulfonamides is 1. The first-order valence-corrected chi connectivity index (χ1v) is 12.8. The number of piperidine rings is 1. The molecule has 2 aromatic heterocycles. The zero-order valence-corrected chi connectivity index (χ0v) is 19.3. The van der Waals surface area contributed by atoms with E-state index in [1.165, 1.54) is 22.1 Å². The van der Waals surface area contributed by atoms with Crippen molar-refractivity contribution in [1.82, 2.24) is 14.4 Å². The highest BCUT2D eigenvalue weighted by Crippen LogP contribution is 2.26. The maximum absolute atomic E-state index is 13.0. The Hall–Kier alpha value is -2.69. The second-order valence-electron chi connectivity index (χ2n) is 7.52. The summed E-state index contributed by atoms with van der Waals surface area (Å²) in [4.78, 5) is 17.5. The van der Waals surface area contributed by atoms with Gasteiger partial charge in [0.25, 0.3) is 5.91 Å². The van der Waals surface area contributed by atoms with E-state index in [0.717, 1.165) is 30.7 Å². The zero-order valence-electron chi connectivity index (χ0n) is 17.7. The minimum atomic E-state index is -3.58. The van der Waals surface area contributed by atoms with Crippen molar-refractivity contribution in [3.63, 3.8) is 0 Å². The van der Waals surface area contributed by atoms with Crippen molar-refractivity contribution in [2.75, 3.05) is 18.4 Å². The molecular weight excluding hydrogens is 448 g/mol. The molecule has 8 nitrogen and oxygen atoms in total. The van der Waals surface area contributed by atoms with Crippen LogP contribution in [0.5, 0.6) is 0 Å². The third-order valence-electron chi connectivity index (χ3n) is 5.09. The van der Waals surface area contributed by atoms with Crippen molar-refractivity contribution in [1.29, 1.82) is 0 Å². The van der Waals surface area contributed by atoms with E-state index in [1.807, 2.05) is 13.0 Å². The quantitative estimate of drug-likeness (QED) is 0.516. The maximum Gasteiger partial charge on any atom is 0.258 e. The summed E-state index contributed by atoms with van der Waals surface area (Å²) in [7, 11) is -3.58. The molecule has 168 valence electrons. The number of hydrogen-bond acceptors (Lipinski definition) is 7. The number of rotatable bonds is 7. The molecule has 1 aromatic carbocycles. The average molecular weight is 473 g/mol. The van der Waals surface area contributed by atoms with Gasteiger partial charge in [0, 0.05) is 36.8 Å². The summed E-state index contributed by atoms with van der Waals surface area (Å²) in [5.41, 5.74) is 1.59. The van der Waals surface area contributed by atoms with Crippen molar-refractivity contribution in [3.8, 4) is 0 Å². The number of hydrogen-bond donors (Lipinski definition) is 1. The van der Waals surface area contributed by atoms with Gasteiger partial charge in [0.2, 0.25) is 10.0 Å². The lowest BCUT2D eigenvalue weighted by Gasteiger charge is -2.26. The lowest BCUT2D eigenvalue weighted by atomic mass is 10.2. The van der Waals surface area contributed by atoms with Gasteiger partial charge < -0.3 is 9.84 Å². The Kier molecular flexibility index (Phi) is 6.92. The molecule has 1 aliphatic rings. The zero-order chi connectivity index (χ0) is 22.6. The normalized spacial score (nSPS) is 14.9. The summed E-state index contributed by atoms with van der Waals surface area (Å²) < 4.78 is 32.5. The van der Waals surface area contributed by atoms with E-state index in [1.54, 1.807) is 36.5 Å². The van der Waals surface area contributed by atoms with Crippen LogP contribution in [-0.2, 0) is 15.8 Å². The minimum Gasteiger partial charge on any atom is -0.361 e. The molecule has 1 N–H and O–H groups in total. The Balaban J connectivity index is 1.49. The smallest absolute Gasteiger partial charge is 0.258 e. The van der Waals surface area contributed by atoms with Gasteiger partial charge in [-0.25, -0.2) is 13.4 Å². The fraction of sp³-hybridized carbons (Fsp3) is 0.318. The molecule has 1 aliphatic heterocycles. The highest BCUT2D eigenvalue weighted by Gasteiger charge is 2.26. The van der Waals surface area contributed by atoms with Crippen LogP contribution >= 0.6 is 11.8 Å². The first-order chi connectivity index (χ1) is 15.4. The van der Waals surface area contributed by atoms with E-state index in [0.29, 0.717) is 35.1 Å². The second-order valence-corrected chi connectivity index (χ2v) is 10.4. The van der Waals surface area contributed by atoms with Gasteiger partial charge in [-0.3, -0.25) is 4.79 Å². The van der Waals surface area contributed by atoms with Crippen molar-refractivity contribution < 1.29 is 17.7 Å². The number of amides is 1. The minimum absolute atomic E-state index is 0.180. The molecule has 1 fully saturated rings. The second kappa shape index (κ2) is 9.85. The predicted molar refractivity (Wildman–Crippen MR) is 122 cm³/mol. The molecule has 3 aromatic rings. The fourth-order valence-electron chi connectivity index (χ4n) is 3.49. The van der Waals surface area contributed by atoms with E-state index >= 15 is 0 Å². The van der Waals surface area contributed by atoms with E-state index in [2.05, 4.69) is 15.5 Å². The molecular formula is C22H24N4O4S2. The number of nitrogens with zero attached hydrogens (tertiary/aromatic N) is 3. The van der Waals surface area contributed by atoms with Crippen LogP contribution in [0.15, 0.2) is 63.1 Å². The van der Waals surface area contributed by atoms with E-state index < -0.39 is 10.0 Å². The van der Waals surface area contributed by atoms with Gasteiger partial charge in [0.05, 0.1) is 16.2 Å². The van der Waals surface area contributed by atoms with E-state index in [-0.39, 0.29) is 10.8 Å². The Morgan fingerprint density at radius 3 is 2.72 bits per heavy atom. The molecule has 0 atom stereocenters. The van der Waals surface area contributed by atoms with Crippen molar-refractivity contribution in [2.45, 2.75) is 41.9 Å². The first kappa shape index (κ1) is 22.5. The third kappa shape index (κ3) is 5.20. The summed E-state index contributed by atoms with van der Waals surface area (Å²) in [5, 5.41) is 7.32. The molecule has 32 heavy (non-hydrogen) atoms. The molecule has 3 heterocycles. The largest absolute Gasteiger partial charge is 0.361 e. The Bertz CT molecular complexity index is 1200. The van der Waals surface area contributed by atoms with Crippen molar-refractivity contribution in [2.24, 2.45) is 0 Å². The van der Waals surface area contributed by atoms with Crippen LogP contribution in [0.1, 0.15) is 41.1 Å². The SMILES string of the molecule is Cc1cc(CSc2ncccc2C(=O)Nc2cccc(S(=O)(=O)N3CCCCC3)c2)no1. The summed E-state index contributed by atoms with van der Waals surface area (Å²) in [6, 6.07) is 11.6. The predicted octanol–water partition coefficient (Wildman–Crippen LogP) is 4.10. The van der Waals surface area contributed by atoms with Crippen molar-refractivity contribution >= 4 is 33.4 Å². The number of anilines is 1. The summed E-state index contributed by atoms with van der Waals surface area (Å²) >= 11 is 1.38. The number of carbonyl (C=O) groups is 1. The van der Waals surface area contributed by atoms with E-state index in [4.69, 9.17) is 4.52 Å². The molecule has 1 saturated heterocycles. The lowest BCUT2D eigenvalue weighted by Crippen LogP contribution is -2.35. The number of pyridine rings is 1. The fourth-order valence-corrected chi connectivity index (χ4v) is 5.93. The first-order valence-electron chi connectivity index (χ1n) is 10.3. The van der Waals surface area contributed by atoms with Gasteiger partial charge >= 0.3 is 0 Å². The third-order valence-corrected chi connectivity index (χ3v) is 8.03. The van der Waals surface area contributed by atoms with Gasteiger partial charge in [-0.15, -0.1) is 0 Å². The molecule has 0 unspecified atom stereocenters. The summed E-state index contributed by atoms with van der Waals surface area (Å²) in [6.07, 6.45) is 4.40. The number of aromatic nitrogens is 2. The Morgan fingerprint density at radius 1 is 1.16 bits per heavy atom. The number of benzene rings is 1.